The number of nitrogens with one attached hydrogen (secondary N) is 1. The smallest absolute Gasteiger partial charge is 0.261 e. The summed E-state index contributed by atoms with van der Waals surface area (Å²) in [6.45, 7) is 5.93. The Morgan fingerprint density at radius 3 is 2.83 bits per heavy atom. The molecule has 0 aliphatic carbocycles. The molecule has 2 rings (SSSR count). The molecule has 0 saturated carbocycles. The Morgan fingerprint density at radius 2 is 2.13 bits per heavy atom. The van der Waals surface area contributed by atoms with Gasteiger partial charge in [0.05, 0.1) is 17.2 Å². The average molecular weight is 317 g/mol. The quantitative estimate of drug-likeness (QED) is 0.839. The molecular formula is C17H23N3O3. The van der Waals surface area contributed by atoms with Crippen molar-refractivity contribution in [2.24, 2.45) is 5.92 Å². The zero-order valence-corrected chi connectivity index (χ0v) is 13.7. The van der Waals surface area contributed by atoms with Gasteiger partial charge in [-0.2, -0.15) is 0 Å². The van der Waals surface area contributed by atoms with Gasteiger partial charge in [0, 0.05) is 25.6 Å². The van der Waals surface area contributed by atoms with Crippen molar-refractivity contribution in [1.82, 2.24) is 14.9 Å². The van der Waals surface area contributed by atoms with Gasteiger partial charge in [-0.15, -0.1) is 0 Å². The maximum atomic E-state index is 12.4. The lowest BCUT2D eigenvalue weighted by atomic mass is 10.1. The molecule has 6 heteroatoms. The molecule has 1 aromatic carbocycles. The van der Waals surface area contributed by atoms with Crippen LogP contribution in [0.1, 0.15) is 25.8 Å². The number of fused-ring (bicyclic) bond motifs is 1. The number of aryl methyl sites for hydroxylation is 2. The van der Waals surface area contributed by atoms with Crippen LogP contribution in [-0.2, 0) is 11.3 Å². The third-order valence-electron chi connectivity index (χ3n) is 4.17. The molecule has 23 heavy (non-hydrogen) atoms. The molecule has 0 fully saturated rings. The van der Waals surface area contributed by atoms with Gasteiger partial charge in [0.2, 0.25) is 5.91 Å². The lowest BCUT2D eigenvalue weighted by Crippen LogP contribution is -2.39. The van der Waals surface area contributed by atoms with Crippen LogP contribution in [0.15, 0.2) is 29.3 Å². The second-order valence-corrected chi connectivity index (χ2v) is 5.98. The highest BCUT2D eigenvalue weighted by Crippen LogP contribution is 2.11. The van der Waals surface area contributed by atoms with E-state index in [1.54, 1.807) is 6.07 Å². The number of amides is 1. The van der Waals surface area contributed by atoms with Crippen molar-refractivity contribution in [2.75, 3.05) is 6.61 Å². The number of carbonyl (C=O) groups excluding carboxylic acids is 1. The van der Waals surface area contributed by atoms with Crippen LogP contribution in [0.5, 0.6) is 0 Å². The summed E-state index contributed by atoms with van der Waals surface area (Å²) in [5.74, 6) is -0.152. The third-order valence-corrected chi connectivity index (χ3v) is 4.17. The van der Waals surface area contributed by atoms with Crippen molar-refractivity contribution in [2.45, 2.75) is 39.8 Å². The fraction of sp³-hybridized carbons (Fsp3) is 0.471. The minimum atomic E-state index is -0.144. The van der Waals surface area contributed by atoms with Gasteiger partial charge in [-0.1, -0.05) is 19.1 Å². The van der Waals surface area contributed by atoms with Crippen LogP contribution < -0.4 is 10.9 Å². The predicted molar refractivity (Wildman–Crippen MR) is 89.2 cm³/mol. The van der Waals surface area contributed by atoms with Crippen LogP contribution in [0.25, 0.3) is 10.9 Å². The number of nitrogens with zero attached hydrogens (tertiary/aromatic N) is 2. The summed E-state index contributed by atoms with van der Waals surface area (Å²) in [6.07, 6.45) is 1.69. The molecule has 124 valence electrons. The highest BCUT2D eigenvalue weighted by atomic mass is 16.3. The van der Waals surface area contributed by atoms with Gasteiger partial charge in [-0.3, -0.25) is 14.2 Å². The van der Waals surface area contributed by atoms with Gasteiger partial charge < -0.3 is 10.4 Å². The summed E-state index contributed by atoms with van der Waals surface area (Å²) in [5, 5.41) is 12.5. The van der Waals surface area contributed by atoms with E-state index in [2.05, 4.69) is 10.3 Å². The van der Waals surface area contributed by atoms with E-state index in [1.165, 1.54) is 10.9 Å². The normalized spacial score (nSPS) is 13.7. The number of hydrogen-bond acceptors (Lipinski definition) is 4. The van der Waals surface area contributed by atoms with Gasteiger partial charge in [-0.05, 0) is 31.4 Å². The Labute approximate surface area is 135 Å². The van der Waals surface area contributed by atoms with Gasteiger partial charge in [0.1, 0.15) is 0 Å². The molecule has 6 nitrogen and oxygen atoms in total. The molecule has 1 heterocycles. The molecule has 1 aromatic heterocycles. The monoisotopic (exact) mass is 317 g/mol. The summed E-state index contributed by atoms with van der Waals surface area (Å²) in [7, 11) is 0. The van der Waals surface area contributed by atoms with Crippen molar-refractivity contribution in [1.29, 1.82) is 0 Å². The fourth-order valence-electron chi connectivity index (χ4n) is 2.35. The van der Waals surface area contributed by atoms with Crippen LogP contribution in [0.3, 0.4) is 0 Å². The number of para-hydroxylation sites is 1. The fourth-order valence-corrected chi connectivity index (χ4v) is 2.35. The van der Waals surface area contributed by atoms with E-state index in [-0.39, 0.29) is 43.0 Å². The first-order valence-electron chi connectivity index (χ1n) is 7.79. The van der Waals surface area contributed by atoms with Crippen LogP contribution in [0, 0.1) is 12.8 Å². The van der Waals surface area contributed by atoms with E-state index >= 15 is 0 Å². The van der Waals surface area contributed by atoms with E-state index in [4.69, 9.17) is 5.11 Å². The standard InChI is InChI=1S/C17H23N3O3/c1-11-5-4-6-14-16(11)18-10-20(17(14)23)8-7-15(22)19-13(3)12(2)9-21/h4-6,10,12-13,21H,7-9H2,1-3H3,(H,19,22). The summed E-state index contributed by atoms with van der Waals surface area (Å²) < 4.78 is 1.46. The molecule has 2 atom stereocenters. The van der Waals surface area contributed by atoms with E-state index < -0.39 is 0 Å². The molecule has 0 aliphatic heterocycles. The van der Waals surface area contributed by atoms with E-state index in [0.29, 0.717) is 10.9 Å². The number of rotatable bonds is 6. The molecule has 0 spiro atoms. The molecule has 0 saturated heterocycles. The molecule has 2 aromatic rings. The molecular weight excluding hydrogens is 294 g/mol. The van der Waals surface area contributed by atoms with Gasteiger partial charge in [-0.25, -0.2) is 4.98 Å². The third kappa shape index (κ3) is 3.96. The van der Waals surface area contributed by atoms with E-state index in [9.17, 15) is 9.59 Å². The highest BCUT2D eigenvalue weighted by Gasteiger charge is 2.14. The van der Waals surface area contributed by atoms with Crippen molar-refractivity contribution in [3.05, 3.63) is 40.4 Å². The first kappa shape index (κ1) is 17.1. The second kappa shape index (κ2) is 7.37. The maximum absolute atomic E-state index is 12.4. The van der Waals surface area contributed by atoms with Crippen LogP contribution >= 0.6 is 0 Å². The lowest BCUT2D eigenvalue weighted by Gasteiger charge is -2.19. The molecule has 1 amide bonds. The molecule has 0 radical (unpaired) electrons. The number of carbonyl (C=O) groups is 1. The molecule has 2 N–H and O–H groups in total. The van der Waals surface area contributed by atoms with Crippen molar-refractivity contribution >= 4 is 16.8 Å². The Kier molecular flexibility index (Phi) is 5.50. The number of hydrogen-bond donors (Lipinski definition) is 2. The summed E-state index contributed by atoms with van der Waals surface area (Å²) >= 11 is 0. The Balaban J connectivity index is 2.07. The first-order chi connectivity index (χ1) is 10.9. The van der Waals surface area contributed by atoms with Gasteiger partial charge in [0.15, 0.2) is 0 Å². The van der Waals surface area contributed by atoms with Crippen molar-refractivity contribution in [3.63, 3.8) is 0 Å². The first-order valence-corrected chi connectivity index (χ1v) is 7.79. The number of aromatic nitrogens is 2. The predicted octanol–water partition coefficient (Wildman–Crippen LogP) is 1.23. The minimum Gasteiger partial charge on any atom is -0.396 e. The summed E-state index contributed by atoms with van der Waals surface area (Å²) in [4.78, 5) is 28.7. The van der Waals surface area contributed by atoms with Gasteiger partial charge in [0.25, 0.3) is 5.56 Å². The average Bonchev–Trinajstić information content (AvgIpc) is 2.54. The Bertz CT molecular complexity index is 754. The van der Waals surface area contributed by atoms with Crippen molar-refractivity contribution < 1.29 is 9.90 Å². The topological polar surface area (TPSA) is 84.2 Å². The van der Waals surface area contributed by atoms with Gasteiger partial charge >= 0.3 is 0 Å². The number of benzene rings is 1. The maximum Gasteiger partial charge on any atom is 0.261 e. The highest BCUT2D eigenvalue weighted by molar-refractivity contribution is 5.80. The molecule has 2 unspecified atom stereocenters. The lowest BCUT2D eigenvalue weighted by molar-refractivity contribution is -0.122. The van der Waals surface area contributed by atoms with E-state index in [1.807, 2.05) is 32.9 Å². The number of aliphatic hydroxyl groups excluding tert-OH is 1. The summed E-state index contributed by atoms with van der Waals surface area (Å²) in [6, 6.07) is 5.38. The SMILES string of the molecule is Cc1cccc2c(=O)n(CCC(=O)NC(C)C(C)CO)cnc12. The molecule has 0 bridgehead atoms. The minimum absolute atomic E-state index is 0.00742. The largest absolute Gasteiger partial charge is 0.396 e. The zero-order chi connectivity index (χ0) is 17.0. The van der Waals surface area contributed by atoms with Crippen LogP contribution in [0.4, 0.5) is 0 Å². The zero-order valence-electron chi connectivity index (χ0n) is 13.7. The molecule has 0 aliphatic rings. The van der Waals surface area contributed by atoms with Crippen LogP contribution in [0.2, 0.25) is 0 Å². The number of aliphatic hydroxyl groups is 1. The Morgan fingerprint density at radius 1 is 1.39 bits per heavy atom. The van der Waals surface area contributed by atoms with Crippen molar-refractivity contribution in [3.8, 4) is 0 Å². The van der Waals surface area contributed by atoms with Crippen LogP contribution in [-0.4, -0.2) is 33.2 Å². The Hall–Kier alpha value is -2.21. The second-order valence-electron chi connectivity index (χ2n) is 5.98. The van der Waals surface area contributed by atoms with E-state index in [0.717, 1.165) is 5.56 Å². The summed E-state index contributed by atoms with van der Waals surface area (Å²) in [5.41, 5.74) is 1.52.